The van der Waals surface area contributed by atoms with Crippen LogP contribution in [0.4, 0.5) is 10.7 Å². The van der Waals surface area contributed by atoms with Crippen LogP contribution in [0.15, 0.2) is 53.6 Å². The maximum atomic E-state index is 12.5. The van der Waals surface area contributed by atoms with Gasteiger partial charge < -0.3 is 14.8 Å². The van der Waals surface area contributed by atoms with Crippen molar-refractivity contribution in [3.8, 4) is 5.75 Å². The first-order chi connectivity index (χ1) is 18.8. The van der Waals surface area contributed by atoms with Gasteiger partial charge in [-0.2, -0.15) is 5.10 Å². The molecule has 0 fully saturated rings. The second-order valence-electron chi connectivity index (χ2n) is 8.17. The van der Waals surface area contributed by atoms with Gasteiger partial charge in [-0.3, -0.25) is 19.7 Å². The summed E-state index contributed by atoms with van der Waals surface area (Å²) in [5.74, 6) is -3.45. The Morgan fingerprint density at radius 1 is 1.08 bits per heavy atom. The number of anilines is 1. The van der Waals surface area contributed by atoms with E-state index in [1.807, 2.05) is 0 Å². The largest absolute Gasteiger partial charge is 0.462 e. The summed E-state index contributed by atoms with van der Waals surface area (Å²) in [5, 5.41) is 17.6. The van der Waals surface area contributed by atoms with Gasteiger partial charge in [0.05, 0.1) is 23.3 Å². The Morgan fingerprint density at radius 3 is 2.64 bits per heavy atom. The average molecular weight is 551 g/mol. The molecule has 2 N–H and O–H groups in total. The van der Waals surface area contributed by atoms with E-state index in [1.165, 1.54) is 53.9 Å². The number of nitro groups is 1. The van der Waals surface area contributed by atoms with Gasteiger partial charge in [0.25, 0.3) is 5.69 Å². The molecule has 0 radical (unpaired) electrons. The Kier molecular flexibility index (Phi) is 8.41. The van der Waals surface area contributed by atoms with Crippen LogP contribution in [-0.2, 0) is 27.2 Å². The van der Waals surface area contributed by atoms with Crippen LogP contribution in [0.5, 0.6) is 5.75 Å². The second kappa shape index (κ2) is 12.1. The smallest absolute Gasteiger partial charge is 0.350 e. The number of ether oxygens (including phenoxy) is 2. The number of aryl methyl sites for hydroxylation is 1. The van der Waals surface area contributed by atoms with E-state index in [4.69, 9.17) is 9.47 Å². The van der Waals surface area contributed by atoms with Crippen molar-refractivity contribution in [3.63, 3.8) is 0 Å². The Labute approximate surface area is 225 Å². The molecular weight excluding hydrogens is 528 g/mol. The highest BCUT2D eigenvalue weighted by Gasteiger charge is 2.29. The highest BCUT2D eigenvalue weighted by Crippen LogP contribution is 2.39. The number of nitro benzene ring substituents is 1. The van der Waals surface area contributed by atoms with Gasteiger partial charge in [0.2, 0.25) is 0 Å². The highest BCUT2D eigenvalue weighted by molar-refractivity contribution is 7.17. The highest BCUT2D eigenvalue weighted by atomic mass is 32.1. The van der Waals surface area contributed by atoms with E-state index in [0.29, 0.717) is 12.0 Å². The minimum Gasteiger partial charge on any atom is -0.462 e. The summed E-state index contributed by atoms with van der Waals surface area (Å²) in [6.45, 7) is 1.86. The molecule has 1 aromatic heterocycles. The number of hydrogen-bond acceptors (Lipinski definition) is 10. The van der Waals surface area contributed by atoms with E-state index in [-0.39, 0.29) is 34.2 Å². The molecule has 2 amide bonds. The fourth-order valence-electron chi connectivity index (χ4n) is 3.91. The summed E-state index contributed by atoms with van der Waals surface area (Å²) < 4.78 is 10.4. The lowest BCUT2D eigenvalue weighted by molar-refractivity contribution is -0.385. The number of carbonyl (C=O) groups excluding carboxylic acids is 4. The Morgan fingerprint density at radius 2 is 1.87 bits per heavy atom. The molecule has 3 aromatic rings. The number of nitrogens with one attached hydrogen (secondary N) is 2. The summed E-state index contributed by atoms with van der Waals surface area (Å²) in [7, 11) is 0. The van der Waals surface area contributed by atoms with Gasteiger partial charge in [-0.25, -0.2) is 15.0 Å². The SMILES string of the molecule is CCOC(=O)c1c(NC(=O)C(=O)NN=Cc2cccc(OC(=O)c3ccccc3[N+](=O)[O-])c2)sc2c1CCC2. The molecule has 1 aliphatic carbocycles. The van der Waals surface area contributed by atoms with Crippen LogP contribution in [0.25, 0.3) is 0 Å². The number of rotatable bonds is 8. The zero-order valence-corrected chi connectivity index (χ0v) is 21.4. The molecule has 200 valence electrons. The average Bonchev–Trinajstić information content (AvgIpc) is 3.49. The molecule has 1 heterocycles. The number of hydrogen-bond donors (Lipinski definition) is 2. The lowest BCUT2D eigenvalue weighted by Crippen LogP contribution is -2.32. The first-order valence-electron chi connectivity index (χ1n) is 11.8. The van der Waals surface area contributed by atoms with Gasteiger partial charge in [-0.05, 0) is 55.5 Å². The quantitative estimate of drug-likeness (QED) is 0.107. The second-order valence-corrected chi connectivity index (χ2v) is 9.28. The van der Waals surface area contributed by atoms with Crippen molar-refractivity contribution in [2.75, 3.05) is 11.9 Å². The fraction of sp³-hybridized carbons (Fsp3) is 0.192. The third-order valence-corrected chi connectivity index (χ3v) is 6.81. The first kappa shape index (κ1) is 27.1. The number of nitrogens with zero attached hydrogens (tertiary/aromatic N) is 2. The molecule has 2 aromatic carbocycles. The molecule has 0 atom stereocenters. The molecule has 4 rings (SSSR count). The van der Waals surface area contributed by atoms with Gasteiger partial charge in [0.15, 0.2) is 0 Å². The fourth-order valence-corrected chi connectivity index (χ4v) is 5.19. The minimum absolute atomic E-state index is 0.0865. The molecule has 0 aliphatic heterocycles. The molecule has 12 nitrogen and oxygen atoms in total. The zero-order valence-electron chi connectivity index (χ0n) is 20.6. The van der Waals surface area contributed by atoms with E-state index >= 15 is 0 Å². The number of carbonyl (C=O) groups is 4. The predicted molar refractivity (Wildman–Crippen MR) is 141 cm³/mol. The summed E-state index contributed by atoms with van der Waals surface area (Å²) in [6, 6.07) is 11.4. The van der Waals surface area contributed by atoms with Crippen LogP contribution in [0.2, 0.25) is 0 Å². The van der Waals surface area contributed by atoms with E-state index in [0.717, 1.165) is 23.3 Å². The zero-order chi connectivity index (χ0) is 27.9. The Hall–Kier alpha value is -4.91. The predicted octanol–water partition coefficient (Wildman–Crippen LogP) is 3.63. The number of benzene rings is 2. The van der Waals surface area contributed by atoms with Crippen molar-refractivity contribution < 1.29 is 33.6 Å². The van der Waals surface area contributed by atoms with Crippen LogP contribution in [0.1, 0.15) is 50.1 Å². The van der Waals surface area contributed by atoms with Crippen molar-refractivity contribution in [3.05, 3.63) is 85.8 Å². The molecule has 1 aliphatic rings. The lowest BCUT2D eigenvalue weighted by Gasteiger charge is -2.07. The monoisotopic (exact) mass is 550 g/mol. The molecule has 0 spiro atoms. The Bertz CT molecular complexity index is 1500. The van der Waals surface area contributed by atoms with Crippen molar-refractivity contribution in [2.45, 2.75) is 26.2 Å². The van der Waals surface area contributed by atoms with E-state index < -0.39 is 28.7 Å². The van der Waals surface area contributed by atoms with Crippen molar-refractivity contribution in [2.24, 2.45) is 5.10 Å². The summed E-state index contributed by atoms with van der Waals surface area (Å²) >= 11 is 1.25. The maximum absolute atomic E-state index is 12.5. The van der Waals surface area contributed by atoms with Crippen molar-refractivity contribution in [1.82, 2.24) is 5.43 Å². The number of fused-ring (bicyclic) bond motifs is 1. The van der Waals surface area contributed by atoms with E-state index in [1.54, 1.807) is 19.1 Å². The van der Waals surface area contributed by atoms with Crippen LogP contribution in [0.3, 0.4) is 0 Å². The molecular formula is C26H22N4O8S. The van der Waals surface area contributed by atoms with Crippen molar-refractivity contribution >= 4 is 52.0 Å². The molecule has 0 saturated heterocycles. The minimum atomic E-state index is -1.06. The van der Waals surface area contributed by atoms with Crippen LogP contribution in [-0.4, -0.2) is 41.5 Å². The number of hydrazone groups is 1. The molecule has 0 unspecified atom stereocenters. The summed E-state index contributed by atoms with van der Waals surface area (Å²) in [6.07, 6.45) is 3.61. The Balaban J connectivity index is 1.38. The van der Waals surface area contributed by atoms with Gasteiger partial charge in [0, 0.05) is 10.9 Å². The van der Waals surface area contributed by atoms with E-state index in [2.05, 4.69) is 15.8 Å². The number of para-hydroxylation sites is 1. The molecule has 39 heavy (non-hydrogen) atoms. The number of esters is 2. The molecule has 0 saturated carbocycles. The maximum Gasteiger partial charge on any atom is 0.350 e. The van der Waals surface area contributed by atoms with Gasteiger partial charge in [-0.1, -0.05) is 24.3 Å². The third-order valence-electron chi connectivity index (χ3n) is 5.60. The van der Waals surface area contributed by atoms with Crippen LogP contribution in [0, 0.1) is 10.1 Å². The van der Waals surface area contributed by atoms with Gasteiger partial charge >= 0.3 is 23.8 Å². The van der Waals surface area contributed by atoms with Crippen LogP contribution >= 0.6 is 11.3 Å². The standard InChI is InChI=1S/C26H22N4O8S/c1-2-37-26(34)21-18-10-6-12-20(18)39-24(21)28-22(31)23(32)29-27-14-15-7-5-8-16(13-15)38-25(33)17-9-3-4-11-19(17)30(35)36/h3-5,7-9,11,13-14H,2,6,10,12H2,1H3,(H,28,31)(H,29,32). The topological polar surface area (TPSA) is 166 Å². The summed E-state index contributed by atoms with van der Waals surface area (Å²) in [5.41, 5.74) is 3.04. The number of thiophene rings is 1. The lowest BCUT2D eigenvalue weighted by atomic mass is 10.1. The van der Waals surface area contributed by atoms with Gasteiger partial charge in [0.1, 0.15) is 16.3 Å². The first-order valence-corrected chi connectivity index (χ1v) is 12.6. The summed E-state index contributed by atoms with van der Waals surface area (Å²) in [4.78, 5) is 61.1. The number of amides is 2. The van der Waals surface area contributed by atoms with E-state index in [9.17, 15) is 29.3 Å². The van der Waals surface area contributed by atoms with Crippen LogP contribution < -0.4 is 15.5 Å². The third kappa shape index (κ3) is 6.33. The normalized spacial score (nSPS) is 12.0. The molecule has 13 heteroatoms. The van der Waals surface area contributed by atoms with Gasteiger partial charge in [-0.15, -0.1) is 11.3 Å². The molecule has 0 bridgehead atoms. The van der Waals surface area contributed by atoms with Crippen molar-refractivity contribution in [1.29, 1.82) is 0 Å².